The molecule has 3 heterocycles. The first-order chi connectivity index (χ1) is 8.63. The minimum absolute atomic E-state index is 0.114. The first kappa shape index (κ1) is 12.7. The van der Waals surface area contributed by atoms with E-state index >= 15 is 0 Å². The van der Waals surface area contributed by atoms with Crippen LogP contribution in [0.3, 0.4) is 0 Å². The van der Waals surface area contributed by atoms with E-state index in [2.05, 4.69) is 33.5 Å². The lowest BCUT2D eigenvalue weighted by Crippen LogP contribution is -2.24. The fraction of sp³-hybridized carbons (Fsp3) is 0.273. The molecular weight excluding hydrogens is 352 g/mol. The smallest absolute Gasteiger partial charge is 0.229 e. The monoisotopic (exact) mass is 360 g/mol. The van der Waals surface area contributed by atoms with Gasteiger partial charge in [-0.2, -0.15) is 12.6 Å². The van der Waals surface area contributed by atoms with Gasteiger partial charge >= 0.3 is 0 Å². The van der Waals surface area contributed by atoms with Crippen LogP contribution in [0, 0.1) is 0 Å². The van der Waals surface area contributed by atoms with Crippen LogP contribution in [-0.2, 0) is 4.79 Å². The van der Waals surface area contributed by atoms with Crippen LogP contribution in [-0.4, -0.2) is 22.7 Å². The second-order valence-corrected chi connectivity index (χ2v) is 8.01. The molecule has 0 spiro atoms. The molecule has 3 rings (SSSR count). The number of anilines is 1. The summed E-state index contributed by atoms with van der Waals surface area (Å²) in [5, 5.41) is 2.89. The predicted molar refractivity (Wildman–Crippen MR) is 82.9 cm³/mol. The fourth-order valence-corrected chi connectivity index (χ4v) is 4.42. The number of aromatic nitrogens is 1. The summed E-state index contributed by atoms with van der Waals surface area (Å²) < 4.78 is 1.08. The molecule has 0 aliphatic carbocycles. The van der Waals surface area contributed by atoms with Gasteiger partial charge in [0.15, 0.2) is 5.13 Å². The van der Waals surface area contributed by atoms with Crippen molar-refractivity contribution in [2.75, 3.05) is 11.4 Å². The third kappa shape index (κ3) is 2.36. The van der Waals surface area contributed by atoms with Crippen LogP contribution in [0.1, 0.15) is 6.42 Å². The number of hydrogen-bond donors (Lipinski definition) is 1. The van der Waals surface area contributed by atoms with Crippen molar-refractivity contribution in [2.45, 2.75) is 11.7 Å². The molecule has 1 aliphatic rings. The maximum absolute atomic E-state index is 11.8. The van der Waals surface area contributed by atoms with E-state index in [9.17, 15) is 4.79 Å². The number of thiol groups is 1. The quantitative estimate of drug-likeness (QED) is 0.828. The van der Waals surface area contributed by atoms with E-state index in [1.54, 1.807) is 16.2 Å². The van der Waals surface area contributed by atoms with Crippen molar-refractivity contribution in [3.8, 4) is 10.6 Å². The van der Waals surface area contributed by atoms with Gasteiger partial charge in [0.25, 0.3) is 0 Å². The van der Waals surface area contributed by atoms with Gasteiger partial charge in [-0.25, -0.2) is 4.98 Å². The summed E-state index contributed by atoms with van der Waals surface area (Å²) in [6.45, 7) is 0.656. The van der Waals surface area contributed by atoms with Gasteiger partial charge in [0.2, 0.25) is 5.91 Å². The maximum atomic E-state index is 11.8. The number of thiophene rings is 1. The van der Waals surface area contributed by atoms with E-state index in [4.69, 9.17) is 0 Å². The van der Waals surface area contributed by atoms with Crippen LogP contribution in [0.15, 0.2) is 21.3 Å². The number of carbonyl (C=O) groups excluding carboxylic acids is 1. The molecule has 0 radical (unpaired) electrons. The van der Waals surface area contributed by atoms with Gasteiger partial charge in [0, 0.05) is 23.6 Å². The van der Waals surface area contributed by atoms with Crippen molar-refractivity contribution in [3.63, 3.8) is 0 Å². The van der Waals surface area contributed by atoms with Gasteiger partial charge in [-0.15, -0.1) is 22.7 Å². The highest BCUT2D eigenvalue weighted by Gasteiger charge is 2.30. The third-order valence-electron chi connectivity index (χ3n) is 2.65. The fourth-order valence-electron chi connectivity index (χ4n) is 1.83. The second kappa shape index (κ2) is 4.96. The van der Waals surface area contributed by atoms with Gasteiger partial charge in [-0.05, 0) is 28.1 Å². The van der Waals surface area contributed by atoms with Crippen molar-refractivity contribution in [1.29, 1.82) is 0 Å². The lowest BCUT2D eigenvalue weighted by Gasteiger charge is -2.10. The molecule has 0 aromatic carbocycles. The standard InChI is InChI=1S/C11H9BrN2OS3/c12-9-2-1-8(18-9)7-5-17-11(13-7)14-4-6(16)3-10(14)15/h1-2,5-6,16H,3-4H2. The summed E-state index contributed by atoms with van der Waals surface area (Å²) in [6.07, 6.45) is 0.503. The second-order valence-electron chi connectivity index (χ2n) is 3.98. The van der Waals surface area contributed by atoms with Gasteiger partial charge in [-0.1, -0.05) is 0 Å². The van der Waals surface area contributed by atoms with Crippen molar-refractivity contribution < 1.29 is 4.79 Å². The van der Waals surface area contributed by atoms with E-state index in [0.29, 0.717) is 13.0 Å². The molecule has 94 valence electrons. The first-order valence-corrected chi connectivity index (χ1v) is 8.33. The molecule has 3 nitrogen and oxygen atoms in total. The Balaban J connectivity index is 1.88. The molecule has 1 saturated heterocycles. The molecular formula is C11H9BrN2OS3. The molecule has 2 aromatic heterocycles. The topological polar surface area (TPSA) is 33.2 Å². The number of hydrogen-bond acceptors (Lipinski definition) is 5. The zero-order valence-corrected chi connectivity index (χ0v) is 13.3. The molecule has 1 atom stereocenters. The van der Waals surface area contributed by atoms with E-state index in [0.717, 1.165) is 19.5 Å². The Bertz CT molecular complexity index is 595. The van der Waals surface area contributed by atoms with Gasteiger partial charge in [0.1, 0.15) is 0 Å². The average Bonchev–Trinajstić information content (AvgIpc) is 2.98. The number of halogens is 1. The van der Waals surface area contributed by atoms with Crippen LogP contribution in [0.25, 0.3) is 10.6 Å². The lowest BCUT2D eigenvalue weighted by molar-refractivity contribution is -0.117. The Morgan fingerprint density at radius 1 is 1.50 bits per heavy atom. The zero-order valence-electron chi connectivity index (χ0n) is 9.17. The van der Waals surface area contributed by atoms with Crippen LogP contribution in [0.5, 0.6) is 0 Å². The van der Waals surface area contributed by atoms with E-state index in [-0.39, 0.29) is 11.2 Å². The minimum atomic E-state index is 0.114. The van der Waals surface area contributed by atoms with E-state index in [1.807, 2.05) is 17.5 Å². The minimum Gasteiger partial charge on any atom is -0.287 e. The summed E-state index contributed by atoms with van der Waals surface area (Å²) in [7, 11) is 0. The first-order valence-electron chi connectivity index (χ1n) is 5.33. The van der Waals surface area contributed by atoms with E-state index < -0.39 is 0 Å². The Morgan fingerprint density at radius 3 is 2.94 bits per heavy atom. The average molecular weight is 361 g/mol. The van der Waals surface area contributed by atoms with E-state index in [1.165, 1.54) is 11.3 Å². The number of nitrogens with zero attached hydrogens (tertiary/aromatic N) is 2. The highest BCUT2D eigenvalue weighted by atomic mass is 79.9. The largest absolute Gasteiger partial charge is 0.287 e. The molecule has 7 heteroatoms. The Kier molecular flexibility index (Phi) is 3.48. The SMILES string of the molecule is O=C1CC(S)CN1c1nc(-c2ccc(Br)s2)cs1. The molecule has 0 bridgehead atoms. The van der Waals surface area contributed by atoms with Crippen LogP contribution < -0.4 is 4.90 Å². The van der Waals surface area contributed by atoms with Crippen molar-refractivity contribution in [2.24, 2.45) is 0 Å². The van der Waals surface area contributed by atoms with Gasteiger partial charge < -0.3 is 0 Å². The van der Waals surface area contributed by atoms with Gasteiger partial charge in [-0.3, -0.25) is 9.69 Å². The summed E-state index contributed by atoms with van der Waals surface area (Å²) in [5.41, 5.74) is 0.932. The number of rotatable bonds is 2. The number of amides is 1. The molecule has 0 saturated carbocycles. The summed E-state index contributed by atoms with van der Waals surface area (Å²) in [5.74, 6) is 0.114. The summed E-state index contributed by atoms with van der Waals surface area (Å²) in [6, 6.07) is 4.03. The summed E-state index contributed by atoms with van der Waals surface area (Å²) >= 11 is 10.9. The molecule has 1 unspecified atom stereocenters. The van der Waals surface area contributed by atoms with Crippen molar-refractivity contribution >= 4 is 62.3 Å². The van der Waals surface area contributed by atoms with Crippen LogP contribution >= 0.6 is 51.2 Å². The molecule has 1 amide bonds. The maximum Gasteiger partial charge on any atom is 0.229 e. The molecule has 1 aliphatic heterocycles. The van der Waals surface area contributed by atoms with Crippen molar-refractivity contribution in [3.05, 3.63) is 21.3 Å². The Morgan fingerprint density at radius 2 is 2.33 bits per heavy atom. The Labute approximate surface area is 126 Å². The molecule has 2 aromatic rings. The third-order valence-corrected chi connectivity index (χ3v) is 5.51. The highest BCUT2D eigenvalue weighted by molar-refractivity contribution is 9.11. The highest BCUT2D eigenvalue weighted by Crippen LogP contribution is 2.35. The molecule has 0 N–H and O–H groups in total. The summed E-state index contributed by atoms with van der Waals surface area (Å²) in [4.78, 5) is 19.2. The van der Waals surface area contributed by atoms with Crippen LogP contribution in [0.2, 0.25) is 0 Å². The number of thiazole rings is 1. The van der Waals surface area contributed by atoms with Crippen LogP contribution in [0.4, 0.5) is 5.13 Å². The predicted octanol–water partition coefficient (Wildman–Crippen LogP) is 3.67. The normalized spacial score (nSPS) is 19.8. The number of carbonyl (C=O) groups is 1. The Hall–Kier alpha value is -0.370. The molecule has 1 fully saturated rings. The zero-order chi connectivity index (χ0) is 12.7. The molecule has 18 heavy (non-hydrogen) atoms. The van der Waals surface area contributed by atoms with Gasteiger partial charge in [0.05, 0.1) is 14.4 Å². The van der Waals surface area contributed by atoms with Crippen molar-refractivity contribution in [1.82, 2.24) is 4.98 Å². The lowest BCUT2D eigenvalue weighted by atomic mass is 10.4.